The maximum absolute atomic E-state index is 4.35. The van der Waals surface area contributed by atoms with Crippen LogP contribution in [-0.4, -0.2) is 14.8 Å². The van der Waals surface area contributed by atoms with Crippen molar-refractivity contribution in [2.24, 2.45) is 5.92 Å². The first kappa shape index (κ1) is 9.13. The number of allylic oxidation sites excluding steroid dienone is 1. The summed E-state index contributed by atoms with van der Waals surface area (Å²) < 4.78 is 2.11. The molecule has 2 atom stereocenters. The molecular weight excluding hydrogens is 186 g/mol. The second kappa shape index (κ2) is 3.47. The Hall–Kier alpha value is -1.12. The highest BCUT2D eigenvalue weighted by Crippen LogP contribution is 2.44. The number of nitrogens with zero attached hydrogens (tertiary/aromatic N) is 3. The van der Waals surface area contributed by atoms with Crippen molar-refractivity contribution in [1.82, 2.24) is 14.8 Å². The van der Waals surface area contributed by atoms with Gasteiger partial charge in [-0.15, -0.1) is 0 Å². The molecule has 2 aliphatic rings. The van der Waals surface area contributed by atoms with E-state index in [-0.39, 0.29) is 0 Å². The van der Waals surface area contributed by atoms with Crippen LogP contribution in [0, 0.1) is 5.92 Å². The van der Waals surface area contributed by atoms with Gasteiger partial charge in [0, 0.05) is 5.92 Å². The average Bonchev–Trinajstić information content (AvgIpc) is 2.72. The van der Waals surface area contributed by atoms with E-state index in [4.69, 9.17) is 0 Å². The molecule has 1 aromatic rings. The van der Waals surface area contributed by atoms with Crippen LogP contribution in [0.2, 0.25) is 0 Å². The summed E-state index contributed by atoms with van der Waals surface area (Å²) in [5, 5.41) is 4.35. The molecule has 0 N–H and O–H groups in total. The Morgan fingerprint density at radius 3 is 2.87 bits per heavy atom. The second-order valence-electron chi connectivity index (χ2n) is 4.72. The van der Waals surface area contributed by atoms with Crippen LogP contribution in [0.1, 0.15) is 50.4 Å². The van der Waals surface area contributed by atoms with E-state index in [9.17, 15) is 0 Å². The average molecular weight is 203 g/mol. The lowest BCUT2D eigenvalue weighted by atomic mass is 9.85. The molecule has 0 amide bonds. The fourth-order valence-electron chi connectivity index (χ4n) is 3.05. The number of rotatable bonds is 0. The monoisotopic (exact) mass is 203 g/mol. The first-order valence-corrected chi connectivity index (χ1v) is 5.96. The Morgan fingerprint density at radius 2 is 2.00 bits per heavy atom. The minimum Gasteiger partial charge on any atom is -0.242 e. The number of aromatic nitrogens is 3. The largest absolute Gasteiger partial charge is 0.242 e. The van der Waals surface area contributed by atoms with Crippen molar-refractivity contribution in [3.8, 4) is 0 Å². The Bertz CT molecular complexity index is 380. The molecule has 1 aromatic heterocycles. The predicted molar refractivity (Wildman–Crippen MR) is 59.3 cm³/mol. The lowest BCUT2D eigenvalue weighted by Crippen LogP contribution is -2.15. The van der Waals surface area contributed by atoms with Gasteiger partial charge in [-0.05, 0) is 18.4 Å². The van der Waals surface area contributed by atoms with E-state index in [2.05, 4.69) is 21.3 Å². The summed E-state index contributed by atoms with van der Waals surface area (Å²) in [7, 11) is 0. The molecule has 2 heterocycles. The lowest BCUT2D eigenvalue weighted by Gasteiger charge is -2.23. The third-order valence-electron chi connectivity index (χ3n) is 3.85. The van der Waals surface area contributed by atoms with E-state index in [1.54, 1.807) is 6.33 Å². The summed E-state index contributed by atoms with van der Waals surface area (Å²) in [6, 6.07) is 0.551. The van der Waals surface area contributed by atoms with E-state index in [1.165, 1.54) is 44.1 Å². The first-order chi connectivity index (χ1) is 7.38. The minimum absolute atomic E-state index is 0.551. The quantitative estimate of drug-likeness (QED) is 0.649. The van der Waals surface area contributed by atoms with Gasteiger partial charge < -0.3 is 0 Å². The summed E-state index contributed by atoms with van der Waals surface area (Å²) in [5.41, 5.74) is 1.22. The van der Waals surface area contributed by atoms with E-state index in [0.717, 1.165) is 5.82 Å². The summed E-state index contributed by atoms with van der Waals surface area (Å²) in [5.74, 6) is 1.65. The maximum Gasteiger partial charge on any atom is 0.153 e. The van der Waals surface area contributed by atoms with Crippen molar-refractivity contribution in [1.29, 1.82) is 0 Å². The van der Waals surface area contributed by atoms with E-state index >= 15 is 0 Å². The second-order valence-corrected chi connectivity index (χ2v) is 4.72. The summed E-state index contributed by atoms with van der Waals surface area (Å²) in [4.78, 5) is 4.32. The van der Waals surface area contributed by atoms with Gasteiger partial charge in [0.2, 0.25) is 0 Å². The third kappa shape index (κ3) is 1.33. The zero-order chi connectivity index (χ0) is 10.3. The molecule has 0 spiro atoms. The van der Waals surface area contributed by atoms with Crippen molar-refractivity contribution in [3.63, 3.8) is 0 Å². The molecule has 0 bridgehead atoms. The third-order valence-corrected chi connectivity index (χ3v) is 3.85. The Labute approximate surface area is 90.2 Å². The van der Waals surface area contributed by atoms with Crippen LogP contribution in [-0.2, 0) is 0 Å². The van der Waals surface area contributed by atoms with Gasteiger partial charge >= 0.3 is 0 Å². The Kier molecular flexibility index (Phi) is 2.11. The van der Waals surface area contributed by atoms with E-state index in [1.807, 2.05) is 0 Å². The predicted octanol–water partition coefficient (Wildman–Crippen LogP) is 2.82. The van der Waals surface area contributed by atoms with Gasteiger partial charge in [-0.1, -0.05) is 32.3 Å². The zero-order valence-electron chi connectivity index (χ0n) is 9.02. The van der Waals surface area contributed by atoms with Gasteiger partial charge in [-0.2, -0.15) is 5.10 Å². The van der Waals surface area contributed by atoms with Crippen molar-refractivity contribution in [2.75, 3.05) is 0 Å². The standard InChI is InChI=1S/C12H17N3/c1-9-10-6-4-2-3-5-7-11(10)15-12(9)13-8-14-15/h8,10-11H,1-7H2. The maximum atomic E-state index is 4.35. The van der Waals surface area contributed by atoms with Crippen LogP contribution >= 0.6 is 0 Å². The highest BCUT2D eigenvalue weighted by atomic mass is 15.4. The van der Waals surface area contributed by atoms with Gasteiger partial charge in [0.05, 0.1) is 6.04 Å². The molecule has 1 saturated carbocycles. The molecule has 15 heavy (non-hydrogen) atoms. The van der Waals surface area contributed by atoms with Crippen LogP contribution in [0.3, 0.4) is 0 Å². The molecule has 2 unspecified atom stereocenters. The van der Waals surface area contributed by atoms with Crippen LogP contribution in [0.4, 0.5) is 0 Å². The molecule has 1 aliphatic heterocycles. The highest BCUT2D eigenvalue weighted by Gasteiger charge is 2.36. The highest BCUT2D eigenvalue weighted by molar-refractivity contribution is 5.63. The molecule has 80 valence electrons. The first-order valence-electron chi connectivity index (χ1n) is 5.96. The minimum atomic E-state index is 0.551. The topological polar surface area (TPSA) is 30.7 Å². The number of hydrogen-bond donors (Lipinski definition) is 0. The van der Waals surface area contributed by atoms with Crippen LogP contribution in [0.15, 0.2) is 12.9 Å². The summed E-state index contributed by atoms with van der Waals surface area (Å²) in [6.07, 6.45) is 9.61. The van der Waals surface area contributed by atoms with Crippen molar-refractivity contribution in [3.05, 3.63) is 18.7 Å². The van der Waals surface area contributed by atoms with Gasteiger partial charge in [0.15, 0.2) is 5.82 Å². The van der Waals surface area contributed by atoms with Crippen LogP contribution in [0.25, 0.3) is 5.57 Å². The van der Waals surface area contributed by atoms with Crippen molar-refractivity contribution in [2.45, 2.75) is 44.6 Å². The molecular formula is C12H17N3. The van der Waals surface area contributed by atoms with E-state index < -0.39 is 0 Å². The molecule has 3 heteroatoms. The molecule has 1 aliphatic carbocycles. The molecule has 3 nitrogen and oxygen atoms in total. The van der Waals surface area contributed by atoms with Crippen molar-refractivity contribution < 1.29 is 0 Å². The fraction of sp³-hybridized carbons (Fsp3) is 0.667. The molecule has 0 saturated heterocycles. The molecule has 3 rings (SSSR count). The molecule has 0 aromatic carbocycles. The van der Waals surface area contributed by atoms with Crippen LogP contribution < -0.4 is 0 Å². The Balaban J connectivity index is 1.95. The number of hydrogen-bond acceptors (Lipinski definition) is 2. The number of fused-ring (bicyclic) bond motifs is 3. The van der Waals surface area contributed by atoms with Gasteiger partial charge in [-0.25, -0.2) is 9.67 Å². The summed E-state index contributed by atoms with van der Waals surface area (Å²) >= 11 is 0. The van der Waals surface area contributed by atoms with Gasteiger partial charge in [0.1, 0.15) is 6.33 Å². The normalized spacial score (nSPS) is 30.5. The van der Waals surface area contributed by atoms with Crippen LogP contribution in [0.5, 0.6) is 0 Å². The van der Waals surface area contributed by atoms with Gasteiger partial charge in [-0.3, -0.25) is 0 Å². The summed E-state index contributed by atoms with van der Waals surface area (Å²) in [6.45, 7) is 4.20. The smallest absolute Gasteiger partial charge is 0.153 e. The van der Waals surface area contributed by atoms with Gasteiger partial charge in [0.25, 0.3) is 0 Å². The zero-order valence-corrected chi connectivity index (χ0v) is 9.02. The van der Waals surface area contributed by atoms with E-state index in [0.29, 0.717) is 12.0 Å². The molecule has 1 fully saturated rings. The van der Waals surface area contributed by atoms with Crippen molar-refractivity contribution >= 4 is 5.57 Å². The Morgan fingerprint density at radius 1 is 1.20 bits per heavy atom. The fourth-order valence-corrected chi connectivity index (χ4v) is 3.05. The molecule has 0 radical (unpaired) electrons. The SMILES string of the molecule is C=C1c2ncnn2C2CCCCCCC12. The lowest BCUT2D eigenvalue weighted by molar-refractivity contribution is 0.317.